The number of carbonyl (C=O) groups excluding carboxylic acids is 1. The van der Waals surface area contributed by atoms with Crippen molar-refractivity contribution >= 4 is 23.0 Å². The number of nitrogens with zero attached hydrogens (tertiary/aromatic N) is 2. The minimum Gasteiger partial charge on any atom is -0.383 e. The van der Waals surface area contributed by atoms with Crippen LogP contribution in [0.15, 0.2) is 12.1 Å². The van der Waals surface area contributed by atoms with Crippen molar-refractivity contribution in [3.05, 3.63) is 27.8 Å². The van der Waals surface area contributed by atoms with Crippen LogP contribution in [0.5, 0.6) is 0 Å². The summed E-state index contributed by atoms with van der Waals surface area (Å²) >= 11 is 0. The van der Waals surface area contributed by atoms with Crippen LogP contribution in [0.25, 0.3) is 0 Å². The average molecular weight is 262 g/mol. The summed E-state index contributed by atoms with van der Waals surface area (Å²) in [6.45, 7) is 0.251. The third-order valence-electron chi connectivity index (χ3n) is 2.59. The number of rotatable bonds is 5. The summed E-state index contributed by atoms with van der Waals surface area (Å²) < 4.78 is 0. The van der Waals surface area contributed by atoms with Gasteiger partial charge in [-0.1, -0.05) is 5.92 Å². The van der Waals surface area contributed by atoms with Crippen molar-refractivity contribution in [1.29, 1.82) is 0 Å². The molecular formula is C12H14N4O3. The van der Waals surface area contributed by atoms with Gasteiger partial charge in [-0.15, -0.1) is 6.42 Å². The van der Waals surface area contributed by atoms with E-state index in [0.717, 1.165) is 6.07 Å². The smallest absolute Gasteiger partial charge is 0.293 e. The van der Waals surface area contributed by atoms with Gasteiger partial charge in [-0.2, -0.15) is 0 Å². The molecule has 1 amide bonds. The Kier molecular flexibility index (Phi) is 4.32. The van der Waals surface area contributed by atoms with E-state index in [2.05, 4.69) is 11.2 Å². The molecule has 0 aromatic heterocycles. The van der Waals surface area contributed by atoms with Gasteiger partial charge in [0, 0.05) is 20.2 Å². The Morgan fingerprint density at radius 1 is 1.63 bits per heavy atom. The number of benzene rings is 1. The molecule has 0 aliphatic carbocycles. The lowest BCUT2D eigenvalue weighted by atomic mass is 10.1. The van der Waals surface area contributed by atoms with Crippen molar-refractivity contribution in [2.75, 3.05) is 30.9 Å². The molecule has 7 heteroatoms. The van der Waals surface area contributed by atoms with Crippen molar-refractivity contribution in [3.63, 3.8) is 0 Å². The molecule has 0 heterocycles. The lowest BCUT2D eigenvalue weighted by Gasteiger charge is -2.20. The largest absolute Gasteiger partial charge is 0.383 e. The average Bonchev–Trinajstić information content (AvgIpc) is 2.36. The standard InChI is InChI=1S/C12H14N4O3/c1-4-5-15(3)10-7-9(14-2)11(16(18)19)6-8(10)12(13)17/h1,6-7,14H,5H2,2-3H3,(H2,13,17). The molecule has 0 bridgehead atoms. The van der Waals surface area contributed by atoms with E-state index in [4.69, 9.17) is 12.2 Å². The highest BCUT2D eigenvalue weighted by molar-refractivity contribution is 6.00. The number of nitrogens with one attached hydrogen (secondary N) is 1. The summed E-state index contributed by atoms with van der Waals surface area (Å²) in [6.07, 6.45) is 5.21. The number of hydrogen-bond donors (Lipinski definition) is 2. The normalized spacial score (nSPS) is 9.53. The summed E-state index contributed by atoms with van der Waals surface area (Å²) in [4.78, 5) is 23.4. The van der Waals surface area contributed by atoms with Crippen LogP contribution >= 0.6 is 0 Å². The second-order valence-electron chi connectivity index (χ2n) is 3.82. The SMILES string of the molecule is C#CCN(C)c1cc(NC)c([N+](=O)[O-])cc1C(N)=O. The Morgan fingerprint density at radius 3 is 2.68 bits per heavy atom. The Hall–Kier alpha value is -2.75. The number of terminal acetylenes is 1. The molecule has 19 heavy (non-hydrogen) atoms. The fraction of sp³-hybridized carbons (Fsp3) is 0.250. The zero-order valence-electron chi connectivity index (χ0n) is 10.6. The number of primary amides is 1. The molecule has 0 spiro atoms. The summed E-state index contributed by atoms with van der Waals surface area (Å²) in [6, 6.07) is 2.63. The maximum absolute atomic E-state index is 11.4. The molecule has 0 saturated heterocycles. The number of hydrogen-bond acceptors (Lipinski definition) is 5. The first-order valence-corrected chi connectivity index (χ1v) is 5.37. The van der Waals surface area contributed by atoms with Gasteiger partial charge in [-0.25, -0.2) is 0 Å². The molecule has 0 atom stereocenters. The van der Waals surface area contributed by atoms with Crippen molar-refractivity contribution in [2.24, 2.45) is 5.73 Å². The predicted octanol–water partition coefficient (Wildman–Crippen LogP) is 0.805. The van der Waals surface area contributed by atoms with Crippen LogP contribution in [0.2, 0.25) is 0 Å². The van der Waals surface area contributed by atoms with Gasteiger partial charge >= 0.3 is 0 Å². The number of nitro groups is 1. The van der Waals surface area contributed by atoms with Gasteiger partial charge in [-0.05, 0) is 6.07 Å². The van der Waals surface area contributed by atoms with E-state index in [-0.39, 0.29) is 23.5 Å². The Labute approximate surface area is 110 Å². The van der Waals surface area contributed by atoms with E-state index in [1.807, 2.05) is 0 Å². The second-order valence-corrected chi connectivity index (χ2v) is 3.82. The van der Waals surface area contributed by atoms with Crippen LogP contribution in [-0.4, -0.2) is 31.5 Å². The summed E-state index contributed by atoms with van der Waals surface area (Å²) in [7, 11) is 3.23. The molecule has 100 valence electrons. The predicted molar refractivity (Wildman–Crippen MR) is 73.3 cm³/mol. The van der Waals surface area contributed by atoms with E-state index in [1.165, 1.54) is 6.07 Å². The highest BCUT2D eigenvalue weighted by Crippen LogP contribution is 2.32. The summed E-state index contributed by atoms with van der Waals surface area (Å²) in [5.74, 6) is 1.68. The van der Waals surface area contributed by atoms with Gasteiger partial charge in [0.15, 0.2) is 0 Å². The monoisotopic (exact) mass is 262 g/mol. The van der Waals surface area contributed by atoms with Crippen LogP contribution in [0.4, 0.5) is 17.1 Å². The minimum atomic E-state index is -0.746. The lowest BCUT2D eigenvalue weighted by Crippen LogP contribution is -2.23. The summed E-state index contributed by atoms with van der Waals surface area (Å²) in [5, 5.41) is 13.6. The van der Waals surface area contributed by atoms with Crippen LogP contribution in [0.3, 0.4) is 0 Å². The fourth-order valence-electron chi connectivity index (χ4n) is 1.66. The molecule has 1 aromatic carbocycles. The van der Waals surface area contributed by atoms with E-state index >= 15 is 0 Å². The van der Waals surface area contributed by atoms with E-state index in [1.54, 1.807) is 19.0 Å². The molecule has 3 N–H and O–H groups in total. The van der Waals surface area contributed by atoms with Crippen molar-refractivity contribution in [3.8, 4) is 12.3 Å². The fourth-order valence-corrected chi connectivity index (χ4v) is 1.66. The molecule has 0 saturated carbocycles. The molecule has 7 nitrogen and oxygen atoms in total. The van der Waals surface area contributed by atoms with E-state index in [0.29, 0.717) is 5.69 Å². The molecule has 0 aliphatic heterocycles. The van der Waals surface area contributed by atoms with Gasteiger partial charge in [-0.3, -0.25) is 14.9 Å². The topological polar surface area (TPSA) is 102 Å². The van der Waals surface area contributed by atoms with Crippen molar-refractivity contribution in [2.45, 2.75) is 0 Å². The molecule has 0 unspecified atom stereocenters. The van der Waals surface area contributed by atoms with Gasteiger partial charge in [0.1, 0.15) is 5.69 Å². The van der Waals surface area contributed by atoms with Gasteiger partial charge in [0.2, 0.25) is 0 Å². The van der Waals surface area contributed by atoms with Crippen LogP contribution in [0, 0.1) is 22.5 Å². The second kappa shape index (κ2) is 5.73. The third kappa shape index (κ3) is 2.93. The van der Waals surface area contributed by atoms with Gasteiger partial charge < -0.3 is 16.0 Å². The van der Waals surface area contributed by atoms with Crippen LogP contribution in [-0.2, 0) is 0 Å². The number of nitro benzene ring substituents is 1. The van der Waals surface area contributed by atoms with Gasteiger partial charge in [0.25, 0.3) is 11.6 Å². The highest BCUT2D eigenvalue weighted by atomic mass is 16.6. The molecule has 1 rings (SSSR count). The highest BCUT2D eigenvalue weighted by Gasteiger charge is 2.21. The maximum Gasteiger partial charge on any atom is 0.293 e. The van der Waals surface area contributed by atoms with E-state index in [9.17, 15) is 14.9 Å². The van der Waals surface area contributed by atoms with Crippen LogP contribution < -0.4 is 16.0 Å². The number of nitrogens with two attached hydrogens (primary N) is 1. The van der Waals surface area contributed by atoms with Gasteiger partial charge in [0.05, 0.1) is 22.7 Å². The zero-order valence-corrected chi connectivity index (χ0v) is 10.6. The number of anilines is 2. The zero-order chi connectivity index (χ0) is 14.6. The molecule has 0 radical (unpaired) electrons. The number of carbonyl (C=O) groups is 1. The molecular weight excluding hydrogens is 248 g/mol. The lowest BCUT2D eigenvalue weighted by molar-refractivity contribution is -0.383. The first-order valence-electron chi connectivity index (χ1n) is 5.37. The van der Waals surface area contributed by atoms with E-state index < -0.39 is 10.8 Å². The first kappa shape index (κ1) is 14.3. The first-order chi connectivity index (χ1) is 8.92. The quantitative estimate of drug-likeness (QED) is 0.464. The Bertz CT molecular complexity index is 563. The van der Waals surface area contributed by atoms with Crippen molar-refractivity contribution < 1.29 is 9.72 Å². The number of amides is 1. The molecule has 0 aliphatic rings. The Balaban J connectivity index is 3.50. The van der Waals surface area contributed by atoms with Crippen molar-refractivity contribution in [1.82, 2.24) is 0 Å². The minimum absolute atomic E-state index is 0.0588. The third-order valence-corrected chi connectivity index (χ3v) is 2.59. The molecule has 0 fully saturated rings. The molecule has 1 aromatic rings. The summed E-state index contributed by atoms with van der Waals surface area (Å²) in [5.41, 5.74) is 5.82. The van der Waals surface area contributed by atoms with Crippen LogP contribution in [0.1, 0.15) is 10.4 Å². The maximum atomic E-state index is 11.4. The Morgan fingerprint density at radius 2 is 2.26 bits per heavy atom.